The van der Waals surface area contributed by atoms with Crippen LogP contribution >= 0.6 is 11.3 Å². The van der Waals surface area contributed by atoms with E-state index in [4.69, 9.17) is 4.42 Å². The molecule has 0 spiro atoms. The highest BCUT2D eigenvalue weighted by molar-refractivity contribution is 7.08. The standard InChI is InChI=1S/C18H14FN3O3S/c1-18(12-6-7-26-10-12)16(23)22(17(24)21-18)8-14-9-25-15(20-14)11-2-4-13(19)5-3-11/h2-7,9-10H,8H2,1H3,(H,21,24)/t18-/m0/s1. The highest BCUT2D eigenvalue weighted by Gasteiger charge is 2.49. The SMILES string of the molecule is C[C@@]1(c2ccsc2)NC(=O)N(Cc2coc(-c3ccc(F)cc3)n2)C1=O. The lowest BCUT2D eigenvalue weighted by Gasteiger charge is -2.20. The first-order valence-corrected chi connectivity index (χ1v) is 8.79. The molecule has 1 aliphatic rings. The zero-order chi connectivity index (χ0) is 18.3. The van der Waals surface area contributed by atoms with Crippen LogP contribution in [-0.2, 0) is 16.9 Å². The first kappa shape index (κ1) is 16.5. The molecule has 1 fully saturated rings. The number of nitrogens with one attached hydrogen (secondary N) is 1. The molecule has 132 valence electrons. The van der Waals surface area contributed by atoms with Gasteiger partial charge in [0, 0.05) is 5.56 Å². The third kappa shape index (κ3) is 2.68. The average Bonchev–Trinajstić information content (AvgIpc) is 3.34. The van der Waals surface area contributed by atoms with Crippen molar-refractivity contribution in [2.75, 3.05) is 0 Å². The molecule has 26 heavy (non-hydrogen) atoms. The van der Waals surface area contributed by atoms with Gasteiger partial charge in [-0.2, -0.15) is 11.3 Å². The van der Waals surface area contributed by atoms with Gasteiger partial charge in [0.15, 0.2) is 0 Å². The molecule has 8 heteroatoms. The fourth-order valence-electron chi connectivity index (χ4n) is 2.85. The fraction of sp³-hybridized carbons (Fsp3) is 0.167. The normalized spacial score (nSPS) is 19.8. The number of thiophene rings is 1. The van der Waals surface area contributed by atoms with Crippen LogP contribution in [0.1, 0.15) is 18.2 Å². The highest BCUT2D eigenvalue weighted by atomic mass is 32.1. The number of urea groups is 1. The summed E-state index contributed by atoms with van der Waals surface area (Å²) >= 11 is 1.46. The van der Waals surface area contributed by atoms with Crippen LogP contribution in [0.4, 0.5) is 9.18 Å². The van der Waals surface area contributed by atoms with Gasteiger partial charge in [-0.1, -0.05) is 0 Å². The number of hydrogen-bond donors (Lipinski definition) is 1. The summed E-state index contributed by atoms with van der Waals surface area (Å²) in [6, 6.07) is 7.05. The molecule has 1 atom stereocenters. The van der Waals surface area contributed by atoms with Crippen molar-refractivity contribution in [3.63, 3.8) is 0 Å². The lowest BCUT2D eigenvalue weighted by Crippen LogP contribution is -2.40. The Morgan fingerprint density at radius 1 is 1.27 bits per heavy atom. The lowest BCUT2D eigenvalue weighted by molar-refractivity contribution is -0.131. The predicted molar refractivity (Wildman–Crippen MR) is 92.6 cm³/mol. The third-order valence-corrected chi connectivity index (χ3v) is 5.02. The Labute approximate surface area is 152 Å². The van der Waals surface area contributed by atoms with Crippen LogP contribution in [0, 0.1) is 5.82 Å². The summed E-state index contributed by atoms with van der Waals surface area (Å²) in [5.41, 5.74) is 0.705. The van der Waals surface area contributed by atoms with E-state index in [0.717, 1.165) is 10.5 Å². The zero-order valence-electron chi connectivity index (χ0n) is 13.7. The molecule has 2 aromatic heterocycles. The van der Waals surface area contributed by atoms with Gasteiger partial charge in [0.1, 0.15) is 17.6 Å². The molecule has 0 unspecified atom stereocenters. The van der Waals surface area contributed by atoms with E-state index >= 15 is 0 Å². The van der Waals surface area contributed by atoms with Crippen LogP contribution in [0.5, 0.6) is 0 Å². The number of imide groups is 1. The summed E-state index contributed by atoms with van der Waals surface area (Å²) in [6.45, 7) is 1.68. The maximum atomic E-state index is 13.0. The number of nitrogens with zero attached hydrogens (tertiary/aromatic N) is 2. The minimum absolute atomic E-state index is 0.00487. The van der Waals surface area contributed by atoms with Gasteiger partial charge in [-0.25, -0.2) is 14.2 Å². The molecule has 4 rings (SSSR count). The monoisotopic (exact) mass is 371 g/mol. The number of aromatic nitrogens is 1. The second-order valence-electron chi connectivity index (χ2n) is 6.11. The van der Waals surface area contributed by atoms with Gasteiger partial charge in [0.05, 0.1) is 12.2 Å². The van der Waals surface area contributed by atoms with Crippen LogP contribution in [0.15, 0.2) is 51.8 Å². The molecule has 0 aliphatic carbocycles. The molecule has 1 aliphatic heterocycles. The van der Waals surface area contributed by atoms with Crippen molar-refractivity contribution >= 4 is 23.3 Å². The lowest BCUT2D eigenvalue weighted by atomic mass is 9.95. The molecule has 0 saturated carbocycles. The molecule has 1 saturated heterocycles. The Balaban J connectivity index is 1.55. The quantitative estimate of drug-likeness (QED) is 0.712. The van der Waals surface area contributed by atoms with Crippen molar-refractivity contribution in [1.29, 1.82) is 0 Å². The minimum atomic E-state index is -1.08. The van der Waals surface area contributed by atoms with E-state index in [9.17, 15) is 14.0 Å². The molecule has 3 heterocycles. The molecular formula is C18H14FN3O3S. The summed E-state index contributed by atoms with van der Waals surface area (Å²) in [4.78, 5) is 30.5. The van der Waals surface area contributed by atoms with Crippen molar-refractivity contribution in [2.24, 2.45) is 0 Å². The summed E-state index contributed by atoms with van der Waals surface area (Å²) in [6.07, 6.45) is 1.39. The van der Waals surface area contributed by atoms with Crippen molar-refractivity contribution in [1.82, 2.24) is 15.2 Å². The molecule has 0 radical (unpaired) electrons. The van der Waals surface area contributed by atoms with Gasteiger partial charge >= 0.3 is 6.03 Å². The Bertz CT molecular complexity index is 968. The molecular weight excluding hydrogens is 357 g/mol. The number of benzene rings is 1. The van der Waals surface area contributed by atoms with Crippen molar-refractivity contribution < 1.29 is 18.4 Å². The van der Waals surface area contributed by atoms with E-state index in [0.29, 0.717) is 17.1 Å². The van der Waals surface area contributed by atoms with Gasteiger partial charge < -0.3 is 9.73 Å². The number of oxazole rings is 1. The third-order valence-electron chi connectivity index (χ3n) is 4.34. The second kappa shape index (κ2) is 6.06. The van der Waals surface area contributed by atoms with E-state index in [1.165, 1.54) is 29.7 Å². The molecule has 3 aromatic rings. The number of halogens is 1. The summed E-state index contributed by atoms with van der Waals surface area (Å²) in [5, 5.41) is 6.44. The molecule has 6 nitrogen and oxygen atoms in total. The average molecular weight is 371 g/mol. The van der Waals surface area contributed by atoms with Crippen molar-refractivity contribution in [2.45, 2.75) is 19.0 Å². The number of carbonyl (C=O) groups excluding carboxylic acids is 2. The summed E-state index contributed by atoms with van der Waals surface area (Å²) in [5.74, 6) is -0.396. The fourth-order valence-corrected chi connectivity index (χ4v) is 3.62. The van der Waals surface area contributed by atoms with Gasteiger partial charge in [0.25, 0.3) is 5.91 Å². The van der Waals surface area contributed by atoms with Gasteiger partial charge in [-0.3, -0.25) is 9.69 Å². The van der Waals surface area contributed by atoms with E-state index in [1.807, 2.05) is 16.8 Å². The van der Waals surface area contributed by atoms with Crippen LogP contribution in [0.25, 0.3) is 11.5 Å². The molecule has 0 bridgehead atoms. The minimum Gasteiger partial charge on any atom is -0.444 e. The topological polar surface area (TPSA) is 75.4 Å². The van der Waals surface area contributed by atoms with Crippen molar-refractivity contribution in [3.05, 3.63) is 64.4 Å². The zero-order valence-corrected chi connectivity index (χ0v) is 14.5. The maximum Gasteiger partial charge on any atom is 0.325 e. The number of hydrogen-bond acceptors (Lipinski definition) is 5. The largest absolute Gasteiger partial charge is 0.444 e. The van der Waals surface area contributed by atoms with E-state index in [1.54, 1.807) is 19.1 Å². The molecule has 1 N–H and O–H groups in total. The Kier molecular flexibility index (Phi) is 3.84. The molecule has 3 amide bonds. The Morgan fingerprint density at radius 3 is 2.73 bits per heavy atom. The van der Waals surface area contributed by atoms with E-state index in [2.05, 4.69) is 10.3 Å². The number of rotatable bonds is 4. The smallest absolute Gasteiger partial charge is 0.325 e. The van der Waals surface area contributed by atoms with Gasteiger partial charge in [0.2, 0.25) is 5.89 Å². The van der Waals surface area contributed by atoms with Crippen LogP contribution in [-0.4, -0.2) is 21.8 Å². The second-order valence-corrected chi connectivity index (χ2v) is 6.89. The van der Waals surface area contributed by atoms with Crippen LogP contribution in [0.2, 0.25) is 0 Å². The van der Waals surface area contributed by atoms with Gasteiger partial charge in [-0.15, -0.1) is 0 Å². The first-order chi connectivity index (χ1) is 12.5. The summed E-state index contributed by atoms with van der Waals surface area (Å²) in [7, 11) is 0. The van der Waals surface area contributed by atoms with Crippen LogP contribution < -0.4 is 5.32 Å². The molecule has 1 aromatic carbocycles. The number of amides is 3. The Hall–Kier alpha value is -3.00. The van der Waals surface area contributed by atoms with Crippen LogP contribution in [0.3, 0.4) is 0 Å². The van der Waals surface area contributed by atoms with Gasteiger partial charge in [-0.05, 0) is 53.6 Å². The van der Waals surface area contributed by atoms with E-state index < -0.39 is 11.6 Å². The maximum absolute atomic E-state index is 13.0. The first-order valence-electron chi connectivity index (χ1n) is 7.84. The summed E-state index contributed by atoms with van der Waals surface area (Å²) < 4.78 is 18.4. The van der Waals surface area contributed by atoms with Crippen molar-refractivity contribution in [3.8, 4) is 11.5 Å². The number of carbonyl (C=O) groups is 2. The highest BCUT2D eigenvalue weighted by Crippen LogP contribution is 2.31. The van der Waals surface area contributed by atoms with E-state index in [-0.39, 0.29) is 18.3 Å². The Morgan fingerprint density at radius 2 is 2.04 bits per heavy atom. The predicted octanol–water partition coefficient (Wildman–Crippen LogP) is 3.51.